The molecule has 2 aliphatic rings. The molecule has 4 heteroatoms. The molecule has 1 saturated carbocycles. The van der Waals surface area contributed by atoms with Crippen LogP contribution in [0, 0.1) is 5.92 Å². The summed E-state index contributed by atoms with van der Waals surface area (Å²) in [6.45, 7) is 7.37. The molecule has 1 aliphatic heterocycles. The molecule has 0 radical (unpaired) electrons. The molecule has 0 spiro atoms. The molecule has 2 fully saturated rings. The first-order chi connectivity index (χ1) is 10.0. The molecule has 0 aromatic rings. The largest absolute Gasteiger partial charge is 0.394 e. The van der Waals surface area contributed by atoms with Crippen molar-refractivity contribution >= 4 is 0 Å². The number of likely N-dealkylation sites (tertiary alicyclic amines) is 1. The summed E-state index contributed by atoms with van der Waals surface area (Å²) in [5.74, 6) is 0.885. The fraction of sp³-hybridized carbons (Fsp3) is 1.00. The summed E-state index contributed by atoms with van der Waals surface area (Å²) in [4.78, 5) is 4.93. The Morgan fingerprint density at radius 2 is 1.86 bits per heavy atom. The van der Waals surface area contributed by atoms with E-state index >= 15 is 0 Å². The Kier molecular flexibility index (Phi) is 6.48. The second-order valence-electron chi connectivity index (χ2n) is 7.79. The van der Waals surface area contributed by atoms with Gasteiger partial charge in [0.1, 0.15) is 0 Å². The van der Waals surface area contributed by atoms with Crippen LogP contribution in [-0.4, -0.2) is 73.4 Å². The Hall–Kier alpha value is -0.160. The lowest BCUT2D eigenvalue weighted by Crippen LogP contribution is -2.47. The zero-order valence-corrected chi connectivity index (χ0v) is 14.3. The molecule has 1 saturated heterocycles. The highest BCUT2D eigenvalue weighted by Gasteiger charge is 2.31. The van der Waals surface area contributed by atoms with E-state index < -0.39 is 0 Å². The second-order valence-corrected chi connectivity index (χ2v) is 7.79. The van der Waals surface area contributed by atoms with Crippen LogP contribution in [0.15, 0.2) is 0 Å². The Morgan fingerprint density at radius 1 is 1.19 bits per heavy atom. The van der Waals surface area contributed by atoms with Gasteiger partial charge in [0.25, 0.3) is 0 Å². The topological polar surface area (TPSA) is 38.7 Å². The van der Waals surface area contributed by atoms with Gasteiger partial charge >= 0.3 is 0 Å². The minimum Gasteiger partial charge on any atom is -0.394 e. The third-order valence-corrected chi connectivity index (χ3v) is 5.01. The molecule has 0 aromatic carbocycles. The van der Waals surface area contributed by atoms with Gasteiger partial charge in [-0.3, -0.25) is 0 Å². The predicted molar refractivity (Wildman–Crippen MR) is 88.6 cm³/mol. The van der Waals surface area contributed by atoms with Gasteiger partial charge in [-0.25, -0.2) is 0 Å². The molecular weight excluding hydrogens is 262 g/mol. The predicted octanol–water partition coefficient (Wildman–Crippen LogP) is 1.54. The highest BCUT2D eigenvalue weighted by atomic mass is 16.3. The van der Waals surface area contributed by atoms with E-state index in [1.54, 1.807) is 0 Å². The number of rotatable bonds is 9. The number of aliphatic hydroxyl groups excluding tert-OH is 1. The molecule has 1 atom stereocenters. The van der Waals surface area contributed by atoms with Crippen molar-refractivity contribution in [2.45, 2.75) is 57.0 Å². The van der Waals surface area contributed by atoms with Crippen LogP contribution in [0.3, 0.4) is 0 Å². The first kappa shape index (κ1) is 17.2. The molecule has 21 heavy (non-hydrogen) atoms. The molecule has 124 valence electrons. The van der Waals surface area contributed by atoms with Gasteiger partial charge in [-0.2, -0.15) is 0 Å². The van der Waals surface area contributed by atoms with Gasteiger partial charge in [-0.05, 0) is 85.1 Å². The summed E-state index contributed by atoms with van der Waals surface area (Å²) in [7, 11) is 4.35. The number of piperidine rings is 1. The number of aliphatic hydroxyl groups is 1. The molecular formula is C17H35N3O. The van der Waals surface area contributed by atoms with Gasteiger partial charge in [0, 0.05) is 18.1 Å². The fourth-order valence-corrected chi connectivity index (χ4v) is 3.52. The standard InChI is InChI=1S/C17H35N3O/c1-17(14-21,18-16-5-6-16)9-4-10-20-11-7-15(8-12-20)13-19(2)3/h15-16,18,21H,4-14H2,1-3H3. The van der Waals surface area contributed by atoms with E-state index in [1.165, 1.54) is 58.3 Å². The van der Waals surface area contributed by atoms with E-state index in [0.29, 0.717) is 6.04 Å². The molecule has 1 heterocycles. The Morgan fingerprint density at radius 3 is 2.38 bits per heavy atom. The van der Waals surface area contributed by atoms with E-state index in [9.17, 15) is 5.11 Å². The molecule has 2 N–H and O–H groups in total. The number of nitrogens with one attached hydrogen (secondary N) is 1. The normalized spacial score (nSPS) is 24.4. The third kappa shape index (κ3) is 6.23. The summed E-state index contributed by atoms with van der Waals surface area (Å²) < 4.78 is 0. The van der Waals surface area contributed by atoms with Crippen molar-refractivity contribution in [3.05, 3.63) is 0 Å². The average molecular weight is 297 g/mol. The highest BCUT2D eigenvalue weighted by molar-refractivity contribution is 4.92. The zero-order valence-electron chi connectivity index (χ0n) is 14.3. The van der Waals surface area contributed by atoms with E-state index in [4.69, 9.17) is 0 Å². The quantitative estimate of drug-likeness (QED) is 0.677. The molecule has 1 aliphatic carbocycles. The lowest BCUT2D eigenvalue weighted by atomic mass is 9.94. The number of hydrogen-bond donors (Lipinski definition) is 2. The Balaban J connectivity index is 1.60. The van der Waals surface area contributed by atoms with Crippen LogP contribution in [0.4, 0.5) is 0 Å². The lowest BCUT2D eigenvalue weighted by molar-refractivity contribution is 0.137. The average Bonchev–Trinajstić information content (AvgIpc) is 3.24. The highest BCUT2D eigenvalue weighted by Crippen LogP contribution is 2.25. The van der Waals surface area contributed by atoms with Crippen molar-refractivity contribution in [3.63, 3.8) is 0 Å². The van der Waals surface area contributed by atoms with Gasteiger partial charge in [0.2, 0.25) is 0 Å². The van der Waals surface area contributed by atoms with E-state index in [0.717, 1.165) is 12.3 Å². The minimum atomic E-state index is -0.0651. The maximum Gasteiger partial charge on any atom is 0.0610 e. The molecule has 0 bridgehead atoms. The summed E-state index contributed by atoms with van der Waals surface area (Å²) in [5, 5.41) is 13.2. The van der Waals surface area contributed by atoms with E-state index in [2.05, 4.69) is 36.1 Å². The summed E-state index contributed by atoms with van der Waals surface area (Å²) in [6.07, 6.45) is 7.53. The SMILES string of the molecule is CN(C)CC1CCN(CCCC(C)(CO)NC2CC2)CC1. The molecule has 2 rings (SSSR count). The summed E-state index contributed by atoms with van der Waals surface area (Å²) in [5.41, 5.74) is -0.0651. The zero-order chi connectivity index (χ0) is 15.3. The maximum absolute atomic E-state index is 9.64. The van der Waals surface area contributed by atoms with Crippen molar-refractivity contribution in [3.8, 4) is 0 Å². The van der Waals surface area contributed by atoms with Crippen LogP contribution in [0.1, 0.15) is 45.4 Å². The Bertz CT molecular complexity index is 298. The monoisotopic (exact) mass is 297 g/mol. The van der Waals surface area contributed by atoms with Gasteiger partial charge in [-0.1, -0.05) is 0 Å². The molecule has 0 aromatic heterocycles. The van der Waals surface area contributed by atoms with Crippen LogP contribution in [0.2, 0.25) is 0 Å². The first-order valence-corrected chi connectivity index (χ1v) is 8.76. The maximum atomic E-state index is 9.64. The molecule has 0 amide bonds. The van der Waals surface area contributed by atoms with Crippen molar-refractivity contribution in [1.82, 2.24) is 15.1 Å². The molecule has 1 unspecified atom stereocenters. The van der Waals surface area contributed by atoms with Gasteiger partial charge in [0.05, 0.1) is 6.61 Å². The summed E-state index contributed by atoms with van der Waals surface area (Å²) in [6, 6.07) is 0.670. The van der Waals surface area contributed by atoms with E-state index in [1.807, 2.05) is 0 Å². The smallest absolute Gasteiger partial charge is 0.0610 e. The summed E-state index contributed by atoms with van der Waals surface area (Å²) >= 11 is 0. The minimum absolute atomic E-state index is 0.0651. The van der Waals surface area contributed by atoms with Gasteiger partial charge < -0.3 is 20.2 Å². The van der Waals surface area contributed by atoms with Crippen LogP contribution in [-0.2, 0) is 0 Å². The van der Waals surface area contributed by atoms with Crippen LogP contribution >= 0.6 is 0 Å². The third-order valence-electron chi connectivity index (χ3n) is 5.01. The van der Waals surface area contributed by atoms with Crippen molar-refractivity contribution in [2.75, 3.05) is 46.9 Å². The van der Waals surface area contributed by atoms with Crippen LogP contribution < -0.4 is 5.32 Å². The number of hydrogen-bond acceptors (Lipinski definition) is 4. The van der Waals surface area contributed by atoms with Crippen molar-refractivity contribution in [2.24, 2.45) is 5.92 Å². The molecule has 4 nitrogen and oxygen atoms in total. The van der Waals surface area contributed by atoms with Crippen LogP contribution in [0.25, 0.3) is 0 Å². The van der Waals surface area contributed by atoms with Crippen molar-refractivity contribution in [1.29, 1.82) is 0 Å². The Labute approximate surface area is 130 Å². The number of nitrogens with zero attached hydrogens (tertiary/aromatic N) is 2. The van der Waals surface area contributed by atoms with Crippen LogP contribution in [0.5, 0.6) is 0 Å². The second kappa shape index (κ2) is 7.91. The van der Waals surface area contributed by atoms with Crippen molar-refractivity contribution < 1.29 is 5.11 Å². The lowest BCUT2D eigenvalue weighted by Gasteiger charge is -2.34. The van der Waals surface area contributed by atoms with Gasteiger partial charge in [-0.15, -0.1) is 0 Å². The fourth-order valence-electron chi connectivity index (χ4n) is 3.52. The van der Waals surface area contributed by atoms with E-state index in [-0.39, 0.29) is 12.1 Å². The van der Waals surface area contributed by atoms with Gasteiger partial charge in [0.15, 0.2) is 0 Å². The first-order valence-electron chi connectivity index (χ1n) is 8.76.